The summed E-state index contributed by atoms with van der Waals surface area (Å²) in [6, 6.07) is 29.8. The van der Waals surface area contributed by atoms with Gasteiger partial charge in [0, 0.05) is 18.8 Å². The summed E-state index contributed by atoms with van der Waals surface area (Å²) in [5.74, 6) is -1.56. The smallest absolute Gasteiger partial charge is 0.337 e. The van der Waals surface area contributed by atoms with Gasteiger partial charge in [0.25, 0.3) is 5.91 Å². The monoisotopic (exact) mass is 492 g/mol. The van der Waals surface area contributed by atoms with Crippen molar-refractivity contribution < 1.29 is 19.8 Å². The van der Waals surface area contributed by atoms with Gasteiger partial charge < -0.3 is 20.4 Å². The van der Waals surface area contributed by atoms with E-state index in [-0.39, 0.29) is 28.5 Å². The molecular weight excluding hydrogens is 464 g/mol. The van der Waals surface area contributed by atoms with Crippen LogP contribution in [-0.4, -0.2) is 35.2 Å². The van der Waals surface area contributed by atoms with Crippen LogP contribution in [0.2, 0.25) is 0 Å². The number of piperidine rings is 1. The molecule has 186 valence electrons. The number of amides is 1. The summed E-state index contributed by atoms with van der Waals surface area (Å²) in [4.78, 5) is 27.5. The van der Waals surface area contributed by atoms with Crippen molar-refractivity contribution in [3.63, 3.8) is 0 Å². The summed E-state index contributed by atoms with van der Waals surface area (Å²) in [5, 5.41) is 22.9. The Labute approximate surface area is 215 Å². The summed E-state index contributed by atoms with van der Waals surface area (Å²) in [6.07, 6.45) is 1.87. The predicted octanol–water partition coefficient (Wildman–Crippen LogP) is 6.39. The van der Waals surface area contributed by atoms with Crippen LogP contribution in [-0.2, 0) is 0 Å². The van der Waals surface area contributed by atoms with Crippen LogP contribution in [0.5, 0.6) is 5.75 Å². The molecule has 1 fully saturated rings. The number of para-hydroxylation sites is 1. The number of hydrogen-bond donors (Lipinski definition) is 3. The second-order valence-corrected chi connectivity index (χ2v) is 9.26. The molecule has 1 aliphatic rings. The highest BCUT2D eigenvalue weighted by molar-refractivity contribution is 6.09. The van der Waals surface area contributed by atoms with Gasteiger partial charge in [0.1, 0.15) is 5.75 Å². The molecule has 0 atom stereocenters. The third-order valence-electron chi connectivity index (χ3n) is 6.96. The Balaban J connectivity index is 1.36. The predicted molar refractivity (Wildman–Crippen MR) is 146 cm³/mol. The Morgan fingerprint density at radius 3 is 2.11 bits per heavy atom. The van der Waals surface area contributed by atoms with E-state index in [0.29, 0.717) is 0 Å². The molecule has 37 heavy (non-hydrogen) atoms. The molecule has 0 aliphatic carbocycles. The maximum Gasteiger partial charge on any atom is 0.337 e. The lowest BCUT2D eigenvalue weighted by atomic mass is 9.88. The van der Waals surface area contributed by atoms with E-state index in [4.69, 9.17) is 0 Å². The number of carbonyl (C=O) groups excluding carboxylic acids is 1. The Hall–Kier alpha value is -4.58. The van der Waals surface area contributed by atoms with Crippen molar-refractivity contribution in [3.05, 3.63) is 114 Å². The quantitative estimate of drug-likeness (QED) is 0.290. The Kier molecular flexibility index (Phi) is 6.90. The average molecular weight is 493 g/mol. The van der Waals surface area contributed by atoms with Crippen LogP contribution in [0.15, 0.2) is 97.1 Å². The molecule has 4 aromatic rings. The molecule has 0 unspecified atom stereocenters. The number of phenolic OH excluding ortho intramolecular Hbond substituents is 1. The van der Waals surface area contributed by atoms with Crippen molar-refractivity contribution in [1.82, 2.24) is 0 Å². The van der Waals surface area contributed by atoms with E-state index in [0.717, 1.165) is 42.6 Å². The Morgan fingerprint density at radius 1 is 0.757 bits per heavy atom. The van der Waals surface area contributed by atoms with Gasteiger partial charge in [0.05, 0.1) is 16.8 Å². The minimum Gasteiger partial charge on any atom is -0.507 e. The second kappa shape index (κ2) is 10.6. The number of aromatic carboxylic acids is 1. The van der Waals surface area contributed by atoms with Gasteiger partial charge in [-0.2, -0.15) is 0 Å². The first-order chi connectivity index (χ1) is 18.0. The van der Waals surface area contributed by atoms with Crippen LogP contribution in [0, 0.1) is 0 Å². The zero-order chi connectivity index (χ0) is 25.8. The lowest BCUT2D eigenvalue weighted by Crippen LogP contribution is -2.32. The minimum absolute atomic E-state index is 0.0167. The summed E-state index contributed by atoms with van der Waals surface area (Å²) in [7, 11) is 0. The summed E-state index contributed by atoms with van der Waals surface area (Å²) in [6.45, 7) is 1.82. The fourth-order valence-corrected chi connectivity index (χ4v) is 4.93. The van der Waals surface area contributed by atoms with Crippen molar-refractivity contribution in [2.24, 2.45) is 0 Å². The van der Waals surface area contributed by atoms with Crippen molar-refractivity contribution in [3.8, 4) is 16.9 Å². The highest BCUT2D eigenvalue weighted by atomic mass is 16.4. The van der Waals surface area contributed by atoms with Gasteiger partial charge in [-0.25, -0.2) is 4.79 Å². The van der Waals surface area contributed by atoms with Gasteiger partial charge >= 0.3 is 5.97 Å². The number of nitrogens with one attached hydrogen (secondary N) is 1. The number of phenols is 1. The van der Waals surface area contributed by atoms with Gasteiger partial charge in [-0.3, -0.25) is 4.79 Å². The number of carboxylic acid groups (broad SMARTS) is 1. The summed E-state index contributed by atoms with van der Waals surface area (Å²) in [5.41, 5.74) is 4.18. The topological polar surface area (TPSA) is 89.9 Å². The third kappa shape index (κ3) is 5.33. The van der Waals surface area contributed by atoms with E-state index in [1.54, 1.807) is 24.3 Å². The van der Waals surface area contributed by atoms with E-state index in [2.05, 4.69) is 22.3 Å². The van der Waals surface area contributed by atoms with Crippen molar-refractivity contribution >= 4 is 23.3 Å². The number of hydrogen-bond acceptors (Lipinski definition) is 4. The van der Waals surface area contributed by atoms with Gasteiger partial charge in [0.2, 0.25) is 0 Å². The van der Waals surface area contributed by atoms with Crippen LogP contribution in [0.1, 0.15) is 45.0 Å². The molecule has 0 aromatic heterocycles. The van der Waals surface area contributed by atoms with Crippen molar-refractivity contribution in [1.29, 1.82) is 0 Å². The van der Waals surface area contributed by atoms with Crippen LogP contribution in [0.4, 0.5) is 11.4 Å². The SMILES string of the molecule is O=C(Nc1cc(-c2ccccc2)ccc1C(=O)O)c1cc(C2CCN(c3ccccc3)CC2)ccc1O. The van der Waals surface area contributed by atoms with Crippen LogP contribution in [0.25, 0.3) is 11.1 Å². The van der Waals surface area contributed by atoms with E-state index < -0.39 is 11.9 Å². The van der Waals surface area contributed by atoms with Crippen LogP contribution in [0.3, 0.4) is 0 Å². The highest BCUT2D eigenvalue weighted by Gasteiger charge is 2.23. The van der Waals surface area contributed by atoms with E-state index >= 15 is 0 Å². The summed E-state index contributed by atoms with van der Waals surface area (Å²) < 4.78 is 0. The van der Waals surface area contributed by atoms with E-state index in [1.807, 2.05) is 54.6 Å². The standard InChI is InChI=1S/C31H28N2O4/c34-29-14-12-23(22-15-17-33(18-16-22)25-9-5-2-6-10-25)19-27(29)30(35)32-28-20-24(11-13-26(28)31(36)37)21-7-3-1-4-8-21/h1-14,19-20,22,34H,15-18H2,(H,32,35)(H,36,37). The van der Waals surface area contributed by atoms with Crippen LogP contribution >= 0.6 is 0 Å². The van der Waals surface area contributed by atoms with Gasteiger partial charge in [0.15, 0.2) is 0 Å². The second-order valence-electron chi connectivity index (χ2n) is 9.26. The molecule has 1 heterocycles. The number of carboxylic acids is 1. The first kappa shape index (κ1) is 24.1. The van der Waals surface area contributed by atoms with Gasteiger partial charge in [-0.05, 0) is 71.8 Å². The Morgan fingerprint density at radius 2 is 1.43 bits per heavy atom. The van der Waals surface area contributed by atoms with Crippen LogP contribution < -0.4 is 10.2 Å². The maximum atomic E-state index is 13.3. The minimum atomic E-state index is -1.14. The number of anilines is 2. The van der Waals surface area contributed by atoms with Gasteiger partial charge in [-0.15, -0.1) is 0 Å². The molecule has 0 radical (unpaired) electrons. The zero-order valence-electron chi connectivity index (χ0n) is 20.3. The largest absolute Gasteiger partial charge is 0.507 e. The molecule has 0 bridgehead atoms. The molecule has 6 heteroatoms. The van der Waals surface area contributed by atoms with Gasteiger partial charge in [-0.1, -0.05) is 60.7 Å². The fraction of sp³-hybridized carbons (Fsp3) is 0.161. The average Bonchev–Trinajstić information content (AvgIpc) is 2.94. The molecule has 0 spiro atoms. The number of carbonyl (C=O) groups is 2. The first-order valence-corrected chi connectivity index (χ1v) is 12.4. The fourth-order valence-electron chi connectivity index (χ4n) is 4.93. The first-order valence-electron chi connectivity index (χ1n) is 12.4. The number of nitrogens with zero attached hydrogens (tertiary/aromatic N) is 1. The molecule has 4 aromatic carbocycles. The number of rotatable bonds is 6. The van der Waals surface area contributed by atoms with Crippen molar-refractivity contribution in [2.45, 2.75) is 18.8 Å². The van der Waals surface area contributed by atoms with E-state index in [9.17, 15) is 19.8 Å². The molecule has 1 amide bonds. The molecule has 1 saturated heterocycles. The number of aromatic hydroxyl groups is 1. The molecule has 6 nitrogen and oxygen atoms in total. The Bertz CT molecular complexity index is 1410. The molecule has 1 aliphatic heterocycles. The lowest BCUT2D eigenvalue weighted by Gasteiger charge is -2.34. The third-order valence-corrected chi connectivity index (χ3v) is 6.96. The molecule has 3 N–H and O–H groups in total. The maximum absolute atomic E-state index is 13.3. The number of benzene rings is 4. The molecular formula is C31H28N2O4. The molecule has 5 rings (SSSR count). The molecule has 0 saturated carbocycles. The summed E-state index contributed by atoms with van der Waals surface area (Å²) >= 11 is 0. The lowest BCUT2D eigenvalue weighted by molar-refractivity contribution is 0.0698. The highest BCUT2D eigenvalue weighted by Crippen LogP contribution is 2.33. The van der Waals surface area contributed by atoms with Crippen molar-refractivity contribution in [2.75, 3.05) is 23.3 Å². The normalized spacial score (nSPS) is 13.8. The van der Waals surface area contributed by atoms with E-state index in [1.165, 1.54) is 11.8 Å². The zero-order valence-corrected chi connectivity index (χ0v) is 20.3.